The summed E-state index contributed by atoms with van der Waals surface area (Å²) in [7, 11) is 0. The lowest BCUT2D eigenvalue weighted by atomic mass is 10.1. The Bertz CT molecular complexity index is 344. The highest BCUT2D eigenvalue weighted by molar-refractivity contribution is 5.47. The minimum Gasteiger partial charge on any atom is -0.378 e. The van der Waals surface area contributed by atoms with Crippen LogP contribution in [0.25, 0.3) is 0 Å². The average Bonchev–Trinajstić information content (AvgIpc) is 2.46. The quantitative estimate of drug-likeness (QED) is 0.866. The van der Waals surface area contributed by atoms with Crippen LogP contribution in [0.1, 0.15) is 25.8 Å². The Kier molecular flexibility index (Phi) is 5.02. The van der Waals surface area contributed by atoms with Gasteiger partial charge in [0.15, 0.2) is 0 Å². The smallest absolute Gasteiger partial charge is 0.0642 e. The van der Waals surface area contributed by atoms with Gasteiger partial charge in [0, 0.05) is 31.4 Å². The van der Waals surface area contributed by atoms with Crippen molar-refractivity contribution >= 4 is 5.69 Å². The van der Waals surface area contributed by atoms with Gasteiger partial charge in [0.25, 0.3) is 0 Å². The van der Waals surface area contributed by atoms with Crippen LogP contribution in [0.3, 0.4) is 0 Å². The van der Waals surface area contributed by atoms with Crippen LogP contribution < -0.4 is 10.2 Å². The molecule has 0 spiro atoms. The number of nitrogens with zero attached hydrogens (tertiary/aromatic N) is 1. The summed E-state index contributed by atoms with van der Waals surface area (Å²) >= 11 is 0. The van der Waals surface area contributed by atoms with Crippen LogP contribution in [-0.4, -0.2) is 32.3 Å². The Hall–Kier alpha value is -1.06. The Labute approximate surface area is 110 Å². The molecule has 0 saturated carbocycles. The third-order valence-corrected chi connectivity index (χ3v) is 3.58. The van der Waals surface area contributed by atoms with Gasteiger partial charge < -0.3 is 15.0 Å². The van der Waals surface area contributed by atoms with E-state index in [0.717, 1.165) is 32.8 Å². The minimum atomic E-state index is 0.587. The molecular formula is C15H24N2O. The lowest BCUT2D eigenvalue weighted by molar-refractivity contribution is 0.122. The SMILES string of the molecule is CCC(C)NCc1ccc(N2CCOCC2)cc1. The van der Waals surface area contributed by atoms with Crippen LogP contribution in [-0.2, 0) is 11.3 Å². The first-order valence-corrected chi connectivity index (χ1v) is 6.94. The second-order valence-electron chi connectivity index (χ2n) is 4.96. The second kappa shape index (κ2) is 6.76. The maximum atomic E-state index is 5.37. The summed E-state index contributed by atoms with van der Waals surface area (Å²) in [5.41, 5.74) is 2.66. The molecule has 1 aliphatic heterocycles. The zero-order chi connectivity index (χ0) is 12.8. The largest absolute Gasteiger partial charge is 0.378 e. The van der Waals surface area contributed by atoms with Crippen LogP contribution in [0, 0.1) is 0 Å². The molecule has 3 nitrogen and oxygen atoms in total. The first kappa shape index (κ1) is 13.4. The van der Waals surface area contributed by atoms with Gasteiger partial charge in [-0.1, -0.05) is 19.1 Å². The number of hydrogen-bond donors (Lipinski definition) is 1. The van der Waals surface area contributed by atoms with Gasteiger partial charge in [-0.25, -0.2) is 0 Å². The van der Waals surface area contributed by atoms with E-state index in [0.29, 0.717) is 6.04 Å². The maximum absolute atomic E-state index is 5.37. The molecule has 1 saturated heterocycles. The molecule has 1 N–H and O–H groups in total. The molecule has 1 aliphatic rings. The number of rotatable bonds is 5. The summed E-state index contributed by atoms with van der Waals surface area (Å²) in [5, 5.41) is 3.51. The van der Waals surface area contributed by atoms with Crippen LogP contribution >= 0.6 is 0 Å². The van der Waals surface area contributed by atoms with Crippen LogP contribution in [0.2, 0.25) is 0 Å². The summed E-state index contributed by atoms with van der Waals surface area (Å²) in [4.78, 5) is 2.38. The fourth-order valence-corrected chi connectivity index (χ4v) is 2.08. The predicted molar refractivity (Wildman–Crippen MR) is 76.1 cm³/mol. The zero-order valence-corrected chi connectivity index (χ0v) is 11.5. The highest BCUT2D eigenvalue weighted by atomic mass is 16.5. The monoisotopic (exact) mass is 248 g/mol. The van der Waals surface area contributed by atoms with Crippen LogP contribution in [0.4, 0.5) is 5.69 Å². The number of morpholine rings is 1. The second-order valence-corrected chi connectivity index (χ2v) is 4.96. The van der Waals surface area contributed by atoms with Crippen molar-refractivity contribution in [2.45, 2.75) is 32.9 Å². The standard InChI is InChI=1S/C15H24N2O/c1-3-13(2)16-12-14-4-6-15(7-5-14)17-8-10-18-11-9-17/h4-7,13,16H,3,8-12H2,1-2H3. The topological polar surface area (TPSA) is 24.5 Å². The van der Waals surface area contributed by atoms with Gasteiger partial charge in [-0.2, -0.15) is 0 Å². The minimum absolute atomic E-state index is 0.587. The fourth-order valence-electron chi connectivity index (χ4n) is 2.08. The van der Waals surface area contributed by atoms with Gasteiger partial charge in [-0.3, -0.25) is 0 Å². The van der Waals surface area contributed by atoms with E-state index in [4.69, 9.17) is 4.74 Å². The molecule has 1 atom stereocenters. The molecule has 1 heterocycles. The number of anilines is 1. The van der Waals surface area contributed by atoms with Crippen molar-refractivity contribution in [2.75, 3.05) is 31.2 Å². The van der Waals surface area contributed by atoms with E-state index in [1.54, 1.807) is 0 Å². The lowest BCUT2D eigenvalue weighted by Crippen LogP contribution is -2.36. The van der Waals surface area contributed by atoms with E-state index in [1.807, 2.05) is 0 Å². The molecule has 0 radical (unpaired) electrons. The molecule has 0 bridgehead atoms. The highest BCUT2D eigenvalue weighted by Crippen LogP contribution is 2.16. The van der Waals surface area contributed by atoms with Crippen molar-refractivity contribution in [3.05, 3.63) is 29.8 Å². The van der Waals surface area contributed by atoms with E-state index < -0.39 is 0 Å². The normalized spacial score (nSPS) is 17.8. The van der Waals surface area contributed by atoms with E-state index in [2.05, 4.69) is 48.3 Å². The first-order chi connectivity index (χ1) is 8.79. The molecule has 1 aromatic rings. The van der Waals surface area contributed by atoms with Crippen LogP contribution in [0.15, 0.2) is 24.3 Å². The molecular weight excluding hydrogens is 224 g/mol. The number of nitrogens with one attached hydrogen (secondary N) is 1. The molecule has 0 amide bonds. The van der Waals surface area contributed by atoms with Gasteiger partial charge in [0.1, 0.15) is 0 Å². The summed E-state index contributed by atoms with van der Waals surface area (Å²) < 4.78 is 5.37. The first-order valence-electron chi connectivity index (χ1n) is 6.94. The van der Waals surface area contributed by atoms with E-state index in [-0.39, 0.29) is 0 Å². The Morgan fingerprint density at radius 3 is 2.50 bits per heavy atom. The van der Waals surface area contributed by atoms with E-state index in [1.165, 1.54) is 17.7 Å². The van der Waals surface area contributed by atoms with Gasteiger partial charge in [0.2, 0.25) is 0 Å². The van der Waals surface area contributed by atoms with Crippen molar-refractivity contribution < 1.29 is 4.74 Å². The fraction of sp³-hybridized carbons (Fsp3) is 0.600. The number of hydrogen-bond acceptors (Lipinski definition) is 3. The molecule has 18 heavy (non-hydrogen) atoms. The maximum Gasteiger partial charge on any atom is 0.0642 e. The predicted octanol–water partition coefficient (Wildman–Crippen LogP) is 2.41. The molecule has 0 aromatic heterocycles. The Morgan fingerprint density at radius 2 is 1.89 bits per heavy atom. The average molecular weight is 248 g/mol. The van der Waals surface area contributed by atoms with Gasteiger partial charge in [-0.15, -0.1) is 0 Å². The van der Waals surface area contributed by atoms with Crippen molar-refractivity contribution in [1.82, 2.24) is 5.32 Å². The van der Waals surface area contributed by atoms with E-state index >= 15 is 0 Å². The number of ether oxygens (including phenoxy) is 1. The van der Waals surface area contributed by atoms with E-state index in [9.17, 15) is 0 Å². The third kappa shape index (κ3) is 3.72. The number of benzene rings is 1. The van der Waals surface area contributed by atoms with Gasteiger partial charge in [-0.05, 0) is 31.0 Å². The highest BCUT2D eigenvalue weighted by Gasteiger charge is 2.10. The molecule has 1 fully saturated rings. The summed E-state index contributed by atoms with van der Waals surface area (Å²) in [6.45, 7) is 9.09. The third-order valence-electron chi connectivity index (χ3n) is 3.58. The Morgan fingerprint density at radius 1 is 1.22 bits per heavy atom. The molecule has 1 aromatic carbocycles. The zero-order valence-electron chi connectivity index (χ0n) is 11.5. The molecule has 100 valence electrons. The molecule has 0 aliphatic carbocycles. The summed E-state index contributed by atoms with van der Waals surface area (Å²) in [5.74, 6) is 0. The van der Waals surface area contributed by atoms with Crippen molar-refractivity contribution in [1.29, 1.82) is 0 Å². The van der Waals surface area contributed by atoms with Crippen molar-refractivity contribution in [3.8, 4) is 0 Å². The van der Waals surface area contributed by atoms with Crippen molar-refractivity contribution in [2.24, 2.45) is 0 Å². The summed E-state index contributed by atoms with van der Waals surface area (Å²) in [6, 6.07) is 9.47. The van der Waals surface area contributed by atoms with Crippen molar-refractivity contribution in [3.63, 3.8) is 0 Å². The van der Waals surface area contributed by atoms with Gasteiger partial charge >= 0.3 is 0 Å². The lowest BCUT2D eigenvalue weighted by Gasteiger charge is -2.29. The molecule has 1 unspecified atom stereocenters. The molecule has 3 heteroatoms. The van der Waals surface area contributed by atoms with Gasteiger partial charge in [0.05, 0.1) is 13.2 Å². The molecule has 2 rings (SSSR count). The Balaban J connectivity index is 1.88. The van der Waals surface area contributed by atoms with Crippen LogP contribution in [0.5, 0.6) is 0 Å². The summed E-state index contributed by atoms with van der Waals surface area (Å²) in [6.07, 6.45) is 1.17.